The molecule has 138 valence electrons. The molecule has 3 aromatic rings. The van der Waals surface area contributed by atoms with E-state index in [9.17, 15) is 13.6 Å². The van der Waals surface area contributed by atoms with Crippen LogP contribution >= 0.6 is 0 Å². The van der Waals surface area contributed by atoms with E-state index in [2.05, 4.69) is 10.6 Å². The average molecular weight is 368 g/mol. The van der Waals surface area contributed by atoms with Crippen LogP contribution in [0.3, 0.4) is 0 Å². The fraction of sp³-hybridized carbons (Fsp3) is 0.0952. The summed E-state index contributed by atoms with van der Waals surface area (Å²) in [5, 5.41) is 5.57. The van der Waals surface area contributed by atoms with Crippen LogP contribution in [0.15, 0.2) is 66.7 Å². The van der Waals surface area contributed by atoms with E-state index in [1.807, 2.05) is 19.1 Å². The third kappa shape index (κ3) is 5.28. The molecule has 6 heteroatoms. The molecule has 4 nitrogen and oxygen atoms in total. The molecule has 0 fully saturated rings. The number of amides is 1. The molecule has 0 spiro atoms. The molecule has 3 rings (SSSR count). The molecule has 0 unspecified atom stereocenters. The summed E-state index contributed by atoms with van der Waals surface area (Å²) in [7, 11) is 0. The van der Waals surface area contributed by atoms with Crippen LogP contribution in [0.5, 0.6) is 5.75 Å². The molecular formula is C21H18F2N2O2. The van der Waals surface area contributed by atoms with Gasteiger partial charge in [-0.1, -0.05) is 17.7 Å². The molecule has 0 heterocycles. The third-order valence-electron chi connectivity index (χ3n) is 3.77. The number of ether oxygens (including phenoxy) is 1. The van der Waals surface area contributed by atoms with Gasteiger partial charge in [-0.3, -0.25) is 4.79 Å². The van der Waals surface area contributed by atoms with Crippen molar-refractivity contribution in [3.8, 4) is 5.75 Å². The highest BCUT2D eigenvalue weighted by Gasteiger charge is 2.06. The van der Waals surface area contributed by atoms with Gasteiger partial charge >= 0.3 is 0 Å². The largest absolute Gasteiger partial charge is 0.484 e. The molecule has 0 aliphatic heterocycles. The van der Waals surface area contributed by atoms with Crippen molar-refractivity contribution in [3.05, 3.63) is 83.9 Å². The van der Waals surface area contributed by atoms with Gasteiger partial charge in [0, 0.05) is 17.4 Å². The highest BCUT2D eigenvalue weighted by Crippen LogP contribution is 2.22. The molecular weight excluding hydrogens is 350 g/mol. The Morgan fingerprint density at radius 3 is 2.26 bits per heavy atom. The lowest BCUT2D eigenvalue weighted by Crippen LogP contribution is -2.20. The fourth-order valence-electron chi connectivity index (χ4n) is 2.36. The van der Waals surface area contributed by atoms with Gasteiger partial charge in [0.05, 0.1) is 5.69 Å². The first-order chi connectivity index (χ1) is 13.0. The molecule has 0 aromatic heterocycles. The van der Waals surface area contributed by atoms with Crippen molar-refractivity contribution in [2.45, 2.75) is 6.92 Å². The summed E-state index contributed by atoms with van der Waals surface area (Å²) in [6.45, 7) is 1.86. The summed E-state index contributed by atoms with van der Waals surface area (Å²) in [5.41, 5.74) is 2.47. The van der Waals surface area contributed by atoms with Crippen molar-refractivity contribution in [2.75, 3.05) is 17.2 Å². The van der Waals surface area contributed by atoms with E-state index < -0.39 is 11.6 Å². The van der Waals surface area contributed by atoms with Crippen LogP contribution in [-0.2, 0) is 4.79 Å². The van der Waals surface area contributed by atoms with Gasteiger partial charge in [-0.15, -0.1) is 0 Å². The van der Waals surface area contributed by atoms with Crippen LogP contribution < -0.4 is 15.4 Å². The van der Waals surface area contributed by atoms with E-state index in [0.29, 0.717) is 17.1 Å². The Bertz CT molecular complexity index is 926. The molecule has 0 aliphatic carbocycles. The maximum Gasteiger partial charge on any atom is 0.262 e. The van der Waals surface area contributed by atoms with Crippen molar-refractivity contribution >= 4 is 23.0 Å². The number of carbonyl (C=O) groups is 1. The number of halogens is 2. The first kappa shape index (κ1) is 18.4. The predicted molar refractivity (Wildman–Crippen MR) is 101 cm³/mol. The number of carbonyl (C=O) groups excluding carboxylic acids is 1. The Morgan fingerprint density at radius 2 is 1.59 bits per heavy atom. The summed E-state index contributed by atoms with van der Waals surface area (Å²) < 4.78 is 32.0. The zero-order valence-electron chi connectivity index (χ0n) is 14.6. The van der Waals surface area contributed by atoms with Gasteiger partial charge < -0.3 is 15.4 Å². The van der Waals surface area contributed by atoms with Gasteiger partial charge in [0.15, 0.2) is 6.61 Å². The molecule has 27 heavy (non-hydrogen) atoms. The van der Waals surface area contributed by atoms with Crippen LogP contribution in [0.4, 0.5) is 25.8 Å². The molecule has 0 saturated carbocycles. The normalized spacial score (nSPS) is 10.3. The number of benzene rings is 3. The Morgan fingerprint density at radius 1 is 0.926 bits per heavy atom. The molecule has 0 bridgehead atoms. The molecule has 0 saturated heterocycles. The lowest BCUT2D eigenvalue weighted by Gasteiger charge is -2.10. The van der Waals surface area contributed by atoms with Crippen molar-refractivity contribution in [3.63, 3.8) is 0 Å². The number of hydrogen-bond donors (Lipinski definition) is 2. The highest BCUT2D eigenvalue weighted by molar-refractivity contribution is 5.92. The minimum absolute atomic E-state index is 0.107. The van der Waals surface area contributed by atoms with E-state index in [-0.39, 0.29) is 18.2 Å². The van der Waals surface area contributed by atoms with E-state index in [1.54, 1.807) is 36.4 Å². The fourth-order valence-corrected chi connectivity index (χ4v) is 2.36. The second-order valence-electron chi connectivity index (χ2n) is 5.98. The monoisotopic (exact) mass is 368 g/mol. The lowest BCUT2D eigenvalue weighted by atomic mass is 10.2. The van der Waals surface area contributed by atoms with Gasteiger partial charge in [0.25, 0.3) is 5.91 Å². The van der Waals surface area contributed by atoms with Gasteiger partial charge in [0.1, 0.15) is 17.4 Å². The van der Waals surface area contributed by atoms with Crippen molar-refractivity contribution in [1.29, 1.82) is 0 Å². The SMILES string of the molecule is Cc1ccc(OCC(=O)Nc2ccc(Nc3ccc(F)cc3F)cc2)cc1. The predicted octanol–water partition coefficient (Wildman–Crippen LogP) is 5.03. The number of rotatable bonds is 6. The second kappa shape index (κ2) is 8.31. The molecule has 0 aliphatic rings. The second-order valence-corrected chi connectivity index (χ2v) is 5.98. The third-order valence-corrected chi connectivity index (χ3v) is 3.77. The Labute approximate surface area is 155 Å². The highest BCUT2D eigenvalue weighted by atomic mass is 19.1. The average Bonchev–Trinajstić information content (AvgIpc) is 2.65. The maximum atomic E-state index is 13.7. The maximum absolute atomic E-state index is 13.7. The van der Waals surface area contributed by atoms with Crippen LogP contribution in [0.2, 0.25) is 0 Å². The number of nitrogens with one attached hydrogen (secondary N) is 2. The van der Waals surface area contributed by atoms with E-state index in [1.165, 1.54) is 12.1 Å². The number of anilines is 3. The Kier molecular flexibility index (Phi) is 5.66. The smallest absolute Gasteiger partial charge is 0.262 e. The van der Waals surface area contributed by atoms with Gasteiger partial charge in [-0.05, 0) is 55.5 Å². The molecule has 1 amide bonds. The van der Waals surface area contributed by atoms with Crippen molar-refractivity contribution < 1.29 is 18.3 Å². The molecule has 0 radical (unpaired) electrons. The van der Waals surface area contributed by atoms with E-state index >= 15 is 0 Å². The number of aryl methyl sites for hydroxylation is 1. The van der Waals surface area contributed by atoms with Gasteiger partial charge in [-0.25, -0.2) is 8.78 Å². The molecule has 0 atom stereocenters. The van der Waals surface area contributed by atoms with Gasteiger partial charge in [0.2, 0.25) is 0 Å². The quantitative estimate of drug-likeness (QED) is 0.641. The van der Waals surface area contributed by atoms with Gasteiger partial charge in [-0.2, -0.15) is 0 Å². The van der Waals surface area contributed by atoms with Crippen LogP contribution in [0.1, 0.15) is 5.56 Å². The summed E-state index contributed by atoms with van der Waals surface area (Å²) in [4.78, 5) is 12.0. The minimum atomic E-state index is -0.680. The number of hydrogen-bond acceptors (Lipinski definition) is 3. The Hall–Kier alpha value is -3.41. The van der Waals surface area contributed by atoms with E-state index in [0.717, 1.165) is 11.6 Å². The first-order valence-electron chi connectivity index (χ1n) is 8.31. The standard InChI is InChI=1S/C21H18F2N2O2/c1-14-2-9-18(10-3-14)27-13-21(26)25-17-7-5-16(6-8-17)24-20-11-4-15(22)12-19(20)23/h2-12,24H,13H2,1H3,(H,25,26). The first-order valence-corrected chi connectivity index (χ1v) is 8.31. The Balaban J connectivity index is 1.53. The van der Waals surface area contributed by atoms with Crippen LogP contribution in [-0.4, -0.2) is 12.5 Å². The molecule has 3 aromatic carbocycles. The zero-order valence-corrected chi connectivity index (χ0v) is 14.6. The summed E-state index contributed by atoms with van der Waals surface area (Å²) in [6.07, 6.45) is 0. The molecule has 2 N–H and O–H groups in total. The summed E-state index contributed by atoms with van der Waals surface area (Å²) in [6, 6.07) is 17.4. The van der Waals surface area contributed by atoms with Crippen LogP contribution in [0, 0.1) is 18.6 Å². The summed E-state index contributed by atoms with van der Waals surface area (Å²) >= 11 is 0. The van der Waals surface area contributed by atoms with E-state index in [4.69, 9.17) is 4.74 Å². The van der Waals surface area contributed by atoms with Crippen molar-refractivity contribution in [1.82, 2.24) is 0 Å². The topological polar surface area (TPSA) is 50.4 Å². The lowest BCUT2D eigenvalue weighted by molar-refractivity contribution is -0.118. The summed E-state index contributed by atoms with van der Waals surface area (Å²) in [5.74, 6) is -0.984. The zero-order chi connectivity index (χ0) is 19.2. The van der Waals surface area contributed by atoms with Crippen LogP contribution in [0.25, 0.3) is 0 Å². The van der Waals surface area contributed by atoms with Crippen molar-refractivity contribution in [2.24, 2.45) is 0 Å². The minimum Gasteiger partial charge on any atom is -0.484 e.